The highest BCUT2D eigenvalue weighted by atomic mass is 35.5. The second kappa shape index (κ2) is 7.65. The van der Waals surface area contributed by atoms with Gasteiger partial charge in [-0.2, -0.15) is 0 Å². The van der Waals surface area contributed by atoms with Crippen molar-refractivity contribution in [1.82, 2.24) is 5.32 Å². The van der Waals surface area contributed by atoms with E-state index in [4.69, 9.17) is 4.74 Å². The second-order valence-electron chi connectivity index (χ2n) is 5.10. The smallest absolute Gasteiger partial charge is 0.122 e. The summed E-state index contributed by atoms with van der Waals surface area (Å²) in [5, 5.41) is 3.40. The van der Waals surface area contributed by atoms with E-state index < -0.39 is 0 Å². The fourth-order valence-electron chi connectivity index (χ4n) is 2.37. The average molecular weight is 270 g/mol. The lowest BCUT2D eigenvalue weighted by Gasteiger charge is -2.22. The van der Waals surface area contributed by atoms with Crippen molar-refractivity contribution >= 4 is 12.4 Å². The molecule has 0 radical (unpaired) electrons. The van der Waals surface area contributed by atoms with Crippen molar-refractivity contribution in [3.05, 3.63) is 29.3 Å². The van der Waals surface area contributed by atoms with Crippen LogP contribution in [0.4, 0.5) is 0 Å². The predicted octanol–water partition coefficient (Wildman–Crippen LogP) is 3.49. The number of hydrogen-bond donors (Lipinski definition) is 1. The molecule has 0 saturated carbocycles. The van der Waals surface area contributed by atoms with E-state index in [1.54, 1.807) is 0 Å². The van der Waals surface area contributed by atoms with E-state index in [0.717, 1.165) is 18.3 Å². The van der Waals surface area contributed by atoms with Crippen LogP contribution in [0.25, 0.3) is 0 Å². The zero-order chi connectivity index (χ0) is 12.1. The number of rotatable bonds is 4. The minimum absolute atomic E-state index is 0. The van der Waals surface area contributed by atoms with Gasteiger partial charge in [-0.3, -0.25) is 0 Å². The summed E-state index contributed by atoms with van der Waals surface area (Å²) in [5.74, 6) is 1.90. The molecule has 1 aromatic carbocycles. The predicted molar refractivity (Wildman–Crippen MR) is 78.9 cm³/mol. The Morgan fingerprint density at radius 3 is 2.67 bits per heavy atom. The Labute approximate surface area is 117 Å². The van der Waals surface area contributed by atoms with Crippen LogP contribution in [0.5, 0.6) is 5.75 Å². The van der Waals surface area contributed by atoms with E-state index in [0.29, 0.717) is 0 Å². The molecular formula is C15H24ClNO. The van der Waals surface area contributed by atoms with Gasteiger partial charge in [-0.15, -0.1) is 12.4 Å². The summed E-state index contributed by atoms with van der Waals surface area (Å²) in [6.45, 7) is 7.43. The van der Waals surface area contributed by atoms with Crippen LogP contribution in [0.3, 0.4) is 0 Å². The number of nitrogens with one attached hydrogen (secondary N) is 1. The molecule has 0 spiro atoms. The minimum Gasteiger partial charge on any atom is -0.493 e. The molecule has 1 aromatic rings. The minimum atomic E-state index is 0. The molecule has 1 aliphatic heterocycles. The summed E-state index contributed by atoms with van der Waals surface area (Å²) >= 11 is 0. The van der Waals surface area contributed by atoms with Crippen LogP contribution in [-0.4, -0.2) is 19.7 Å². The third-order valence-corrected chi connectivity index (χ3v) is 3.59. The molecule has 3 heteroatoms. The lowest BCUT2D eigenvalue weighted by atomic mass is 9.95. The van der Waals surface area contributed by atoms with Gasteiger partial charge >= 0.3 is 0 Å². The standard InChI is InChI=1S/C15H23NO.ClH/c1-12-3-4-13(2)15(11-12)17-10-7-14-5-8-16-9-6-14;/h3-4,11,14,16H,5-10H2,1-2H3;1H. The maximum absolute atomic E-state index is 5.90. The summed E-state index contributed by atoms with van der Waals surface area (Å²) in [7, 11) is 0. The lowest BCUT2D eigenvalue weighted by Crippen LogP contribution is -2.28. The highest BCUT2D eigenvalue weighted by Gasteiger charge is 2.12. The van der Waals surface area contributed by atoms with E-state index in [-0.39, 0.29) is 12.4 Å². The zero-order valence-corrected chi connectivity index (χ0v) is 12.2. The molecule has 102 valence electrons. The summed E-state index contributed by atoms with van der Waals surface area (Å²) in [5.41, 5.74) is 2.51. The Bertz CT molecular complexity index is 362. The van der Waals surface area contributed by atoms with Gasteiger partial charge in [0.15, 0.2) is 0 Å². The molecule has 2 nitrogen and oxygen atoms in total. The molecular weight excluding hydrogens is 246 g/mol. The molecule has 18 heavy (non-hydrogen) atoms. The Kier molecular flexibility index (Phi) is 6.51. The maximum atomic E-state index is 5.90. The number of ether oxygens (including phenoxy) is 1. The van der Waals surface area contributed by atoms with Crippen molar-refractivity contribution in [3.8, 4) is 5.75 Å². The van der Waals surface area contributed by atoms with Gasteiger partial charge in [-0.05, 0) is 69.3 Å². The van der Waals surface area contributed by atoms with Gasteiger partial charge in [-0.25, -0.2) is 0 Å². The van der Waals surface area contributed by atoms with E-state index >= 15 is 0 Å². The Hall–Kier alpha value is -0.730. The lowest BCUT2D eigenvalue weighted by molar-refractivity contribution is 0.250. The Morgan fingerprint density at radius 2 is 1.94 bits per heavy atom. The molecule has 1 saturated heterocycles. The number of aryl methyl sites for hydroxylation is 2. The van der Waals surface area contributed by atoms with Crippen LogP contribution in [0.1, 0.15) is 30.4 Å². The summed E-state index contributed by atoms with van der Waals surface area (Å²) in [6, 6.07) is 6.40. The second-order valence-corrected chi connectivity index (χ2v) is 5.10. The molecule has 1 fully saturated rings. The first-order valence-corrected chi connectivity index (χ1v) is 6.66. The van der Waals surface area contributed by atoms with Crippen molar-refractivity contribution in [2.45, 2.75) is 33.1 Å². The topological polar surface area (TPSA) is 21.3 Å². The molecule has 0 aliphatic carbocycles. The molecule has 0 unspecified atom stereocenters. The maximum Gasteiger partial charge on any atom is 0.122 e. The highest BCUT2D eigenvalue weighted by Crippen LogP contribution is 2.21. The van der Waals surface area contributed by atoms with Crippen molar-refractivity contribution in [1.29, 1.82) is 0 Å². The van der Waals surface area contributed by atoms with Crippen molar-refractivity contribution in [3.63, 3.8) is 0 Å². The Balaban J connectivity index is 0.00000162. The number of hydrogen-bond acceptors (Lipinski definition) is 2. The molecule has 0 bridgehead atoms. The third-order valence-electron chi connectivity index (χ3n) is 3.59. The van der Waals surface area contributed by atoms with E-state index in [1.807, 2.05) is 0 Å². The largest absolute Gasteiger partial charge is 0.493 e. The van der Waals surface area contributed by atoms with Crippen molar-refractivity contribution < 1.29 is 4.74 Å². The van der Waals surface area contributed by atoms with Gasteiger partial charge in [0.25, 0.3) is 0 Å². The fraction of sp³-hybridized carbons (Fsp3) is 0.600. The third kappa shape index (κ3) is 4.51. The normalized spacial score (nSPS) is 16.1. The zero-order valence-electron chi connectivity index (χ0n) is 11.4. The molecule has 1 heterocycles. The van der Waals surface area contributed by atoms with E-state index in [2.05, 4.69) is 37.4 Å². The average Bonchev–Trinajstić information content (AvgIpc) is 2.35. The quantitative estimate of drug-likeness (QED) is 0.903. The Morgan fingerprint density at radius 1 is 1.22 bits per heavy atom. The van der Waals surface area contributed by atoms with Crippen LogP contribution in [-0.2, 0) is 0 Å². The molecule has 0 aromatic heterocycles. The van der Waals surface area contributed by atoms with E-state index in [1.165, 1.54) is 43.5 Å². The summed E-state index contributed by atoms with van der Waals surface area (Å²) in [4.78, 5) is 0. The highest BCUT2D eigenvalue weighted by molar-refractivity contribution is 5.85. The number of piperidine rings is 1. The van der Waals surface area contributed by atoms with Gasteiger partial charge in [-0.1, -0.05) is 12.1 Å². The summed E-state index contributed by atoms with van der Waals surface area (Å²) < 4.78 is 5.90. The van der Waals surface area contributed by atoms with Crippen LogP contribution >= 0.6 is 12.4 Å². The molecule has 0 amide bonds. The first-order valence-electron chi connectivity index (χ1n) is 6.66. The van der Waals surface area contributed by atoms with Gasteiger partial charge in [0.05, 0.1) is 6.61 Å². The van der Waals surface area contributed by atoms with Gasteiger partial charge < -0.3 is 10.1 Å². The first kappa shape index (κ1) is 15.3. The summed E-state index contributed by atoms with van der Waals surface area (Å²) in [6.07, 6.45) is 3.79. The first-order chi connectivity index (χ1) is 8.25. The van der Waals surface area contributed by atoms with Gasteiger partial charge in [0.1, 0.15) is 5.75 Å². The van der Waals surface area contributed by atoms with Crippen molar-refractivity contribution in [2.75, 3.05) is 19.7 Å². The van der Waals surface area contributed by atoms with Crippen LogP contribution in [0.2, 0.25) is 0 Å². The molecule has 2 rings (SSSR count). The van der Waals surface area contributed by atoms with Crippen molar-refractivity contribution in [2.24, 2.45) is 5.92 Å². The molecule has 1 N–H and O–H groups in total. The van der Waals surface area contributed by atoms with Gasteiger partial charge in [0, 0.05) is 0 Å². The SMILES string of the molecule is Cc1ccc(C)c(OCCC2CCNCC2)c1.Cl. The van der Waals surface area contributed by atoms with Gasteiger partial charge in [0.2, 0.25) is 0 Å². The fourth-order valence-corrected chi connectivity index (χ4v) is 2.37. The van der Waals surface area contributed by atoms with Crippen LogP contribution in [0, 0.1) is 19.8 Å². The molecule has 0 atom stereocenters. The monoisotopic (exact) mass is 269 g/mol. The number of halogens is 1. The molecule has 1 aliphatic rings. The van der Waals surface area contributed by atoms with Crippen LogP contribution in [0.15, 0.2) is 18.2 Å². The van der Waals surface area contributed by atoms with Crippen LogP contribution < -0.4 is 10.1 Å². The number of benzene rings is 1. The van der Waals surface area contributed by atoms with E-state index in [9.17, 15) is 0 Å².